The van der Waals surface area contributed by atoms with Crippen LogP contribution in [0.5, 0.6) is 0 Å². The van der Waals surface area contributed by atoms with E-state index >= 15 is 0 Å². The van der Waals surface area contributed by atoms with Crippen LogP contribution in [0.1, 0.15) is 0 Å². The molecule has 4 heteroatoms. The molecule has 0 fully saturated rings. The quantitative estimate of drug-likeness (QED) is 0.204. The Balaban J connectivity index is 3.13. The Morgan fingerprint density at radius 1 is 1.45 bits per heavy atom. The molecule has 0 aromatic carbocycles. The van der Waals surface area contributed by atoms with Crippen LogP contribution < -0.4 is 0 Å². The molecule has 0 saturated carbocycles. The molecule has 0 bridgehead atoms. The number of carboxylic acids is 1. The zero-order chi connectivity index (χ0) is 8.53. The second-order valence-corrected chi connectivity index (χ2v) is 1.60. The van der Waals surface area contributed by atoms with Crippen molar-refractivity contribution >= 4 is 5.97 Å². The van der Waals surface area contributed by atoms with E-state index < -0.39 is 5.97 Å². The summed E-state index contributed by atoms with van der Waals surface area (Å²) in [6.07, 6.45) is 3.85. The van der Waals surface area contributed by atoms with Gasteiger partial charge >= 0.3 is 5.97 Å². The number of carbonyl (C=O) groups is 1. The van der Waals surface area contributed by atoms with Crippen LogP contribution in [0.25, 0.3) is 0 Å². The van der Waals surface area contributed by atoms with Gasteiger partial charge in [0.1, 0.15) is 13.2 Å². The fourth-order valence-electron chi connectivity index (χ4n) is 0.333. The van der Waals surface area contributed by atoms with Gasteiger partial charge in [-0.1, -0.05) is 6.08 Å². The number of rotatable bonds is 6. The largest absolute Gasteiger partial charge is 0.478 e. The van der Waals surface area contributed by atoms with Gasteiger partial charge in [-0.15, -0.1) is 6.58 Å². The average molecular weight is 158 g/mol. The predicted molar refractivity (Wildman–Crippen MR) is 38.9 cm³/mol. The van der Waals surface area contributed by atoms with Gasteiger partial charge in [0.2, 0.25) is 0 Å². The first kappa shape index (κ1) is 9.87. The highest BCUT2D eigenvalue weighted by Crippen LogP contribution is 1.80. The van der Waals surface area contributed by atoms with Gasteiger partial charge in [0.15, 0.2) is 0 Å². The van der Waals surface area contributed by atoms with Crippen molar-refractivity contribution in [3.8, 4) is 0 Å². The van der Waals surface area contributed by atoms with E-state index in [2.05, 4.69) is 16.4 Å². The Bertz CT molecular complexity index is 151. The molecule has 0 aliphatic heterocycles. The maximum Gasteiger partial charge on any atom is 0.328 e. The highest BCUT2D eigenvalue weighted by molar-refractivity contribution is 5.79. The van der Waals surface area contributed by atoms with Crippen molar-refractivity contribution in [3.63, 3.8) is 0 Å². The fraction of sp³-hybridized carbons (Fsp3) is 0.286. The van der Waals surface area contributed by atoms with E-state index in [1.165, 1.54) is 12.2 Å². The molecule has 0 aliphatic rings. The minimum atomic E-state index is -1.00. The van der Waals surface area contributed by atoms with Gasteiger partial charge in [-0.2, -0.15) is 0 Å². The Labute approximate surface area is 64.7 Å². The van der Waals surface area contributed by atoms with Crippen molar-refractivity contribution in [3.05, 3.63) is 24.8 Å². The first-order chi connectivity index (χ1) is 5.27. The Hall–Kier alpha value is -1.13. The van der Waals surface area contributed by atoms with Gasteiger partial charge in [0.25, 0.3) is 0 Å². The smallest absolute Gasteiger partial charge is 0.328 e. The maximum absolute atomic E-state index is 9.89. The first-order valence-electron chi connectivity index (χ1n) is 3.02. The molecule has 0 atom stereocenters. The second-order valence-electron chi connectivity index (χ2n) is 1.60. The predicted octanol–water partition coefficient (Wildman–Crippen LogP) is 0.761. The molecule has 62 valence electrons. The lowest BCUT2D eigenvalue weighted by Crippen LogP contribution is -1.95. The van der Waals surface area contributed by atoms with E-state index in [4.69, 9.17) is 5.11 Å². The molecule has 0 aromatic heterocycles. The van der Waals surface area contributed by atoms with E-state index in [0.29, 0.717) is 6.61 Å². The van der Waals surface area contributed by atoms with Crippen molar-refractivity contribution in [2.24, 2.45) is 0 Å². The minimum absolute atomic E-state index is 0.125. The SMILES string of the molecule is C=CCOOCC=CC(=O)O. The number of hydrogen-bond acceptors (Lipinski definition) is 3. The summed E-state index contributed by atoms with van der Waals surface area (Å²) in [4.78, 5) is 18.9. The van der Waals surface area contributed by atoms with E-state index in [1.54, 1.807) is 0 Å². The van der Waals surface area contributed by atoms with Crippen molar-refractivity contribution in [2.45, 2.75) is 0 Å². The molecule has 1 N–H and O–H groups in total. The maximum atomic E-state index is 9.89. The van der Waals surface area contributed by atoms with Gasteiger partial charge in [0.05, 0.1) is 0 Å². The van der Waals surface area contributed by atoms with Gasteiger partial charge < -0.3 is 5.11 Å². The Kier molecular flexibility index (Phi) is 6.27. The lowest BCUT2D eigenvalue weighted by atomic mass is 10.5. The Morgan fingerprint density at radius 3 is 2.64 bits per heavy atom. The zero-order valence-corrected chi connectivity index (χ0v) is 6.03. The van der Waals surface area contributed by atoms with Crippen LogP contribution in [0.2, 0.25) is 0 Å². The molecular formula is C7H10O4. The second kappa shape index (κ2) is 6.98. The lowest BCUT2D eigenvalue weighted by molar-refractivity contribution is -0.277. The fourth-order valence-corrected chi connectivity index (χ4v) is 0.333. The number of aliphatic carboxylic acids is 1. The third-order valence-electron chi connectivity index (χ3n) is 0.694. The Morgan fingerprint density at radius 2 is 2.09 bits per heavy atom. The summed E-state index contributed by atoms with van der Waals surface area (Å²) in [5, 5.41) is 8.12. The molecule has 4 nitrogen and oxygen atoms in total. The molecule has 0 amide bonds. The van der Waals surface area contributed by atoms with Crippen LogP contribution in [0.15, 0.2) is 24.8 Å². The molecular weight excluding hydrogens is 148 g/mol. The first-order valence-corrected chi connectivity index (χ1v) is 3.02. The summed E-state index contributed by atoms with van der Waals surface area (Å²) in [7, 11) is 0. The van der Waals surface area contributed by atoms with Crippen LogP contribution in [-0.4, -0.2) is 24.3 Å². The van der Waals surface area contributed by atoms with Crippen LogP contribution in [0.3, 0.4) is 0 Å². The minimum Gasteiger partial charge on any atom is -0.478 e. The molecule has 0 aliphatic carbocycles. The van der Waals surface area contributed by atoms with Gasteiger partial charge in [-0.25, -0.2) is 14.6 Å². The van der Waals surface area contributed by atoms with Crippen LogP contribution >= 0.6 is 0 Å². The van der Waals surface area contributed by atoms with Crippen molar-refractivity contribution in [1.82, 2.24) is 0 Å². The summed E-state index contributed by atoms with van der Waals surface area (Å²) in [6, 6.07) is 0. The van der Waals surface area contributed by atoms with Crippen LogP contribution in [0, 0.1) is 0 Å². The summed E-state index contributed by atoms with van der Waals surface area (Å²) in [5.74, 6) is -1.00. The topological polar surface area (TPSA) is 55.8 Å². The molecule has 0 heterocycles. The normalized spacial score (nSPS) is 10.2. The third-order valence-corrected chi connectivity index (χ3v) is 0.694. The lowest BCUT2D eigenvalue weighted by Gasteiger charge is -1.95. The zero-order valence-electron chi connectivity index (χ0n) is 6.03. The molecule has 11 heavy (non-hydrogen) atoms. The van der Waals surface area contributed by atoms with Gasteiger partial charge in [-0.05, 0) is 6.08 Å². The van der Waals surface area contributed by atoms with E-state index in [0.717, 1.165) is 6.08 Å². The summed E-state index contributed by atoms with van der Waals surface area (Å²) in [5.41, 5.74) is 0. The van der Waals surface area contributed by atoms with E-state index in [9.17, 15) is 4.79 Å². The molecule has 0 saturated heterocycles. The molecule has 0 spiro atoms. The van der Waals surface area contributed by atoms with Gasteiger partial charge in [-0.3, -0.25) is 0 Å². The van der Waals surface area contributed by atoms with Gasteiger partial charge in [0, 0.05) is 6.08 Å². The van der Waals surface area contributed by atoms with Crippen molar-refractivity contribution in [1.29, 1.82) is 0 Å². The average Bonchev–Trinajstić information content (AvgIpc) is 1.96. The molecule has 0 aromatic rings. The van der Waals surface area contributed by atoms with Crippen molar-refractivity contribution < 1.29 is 19.7 Å². The highest BCUT2D eigenvalue weighted by atomic mass is 17.2. The van der Waals surface area contributed by atoms with Crippen molar-refractivity contribution in [2.75, 3.05) is 13.2 Å². The molecule has 0 radical (unpaired) electrons. The summed E-state index contributed by atoms with van der Waals surface area (Å²) in [6.45, 7) is 3.81. The summed E-state index contributed by atoms with van der Waals surface area (Å²) >= 11 is 0. The molecule has 0 rings (SSSR count). The third kappa shape index (κ3) is 8.87. The number of hydrogen-bond donors (Lipinski definition) is 1. The van der Waals surface area contributed by atoms with Crippen LogP contribution in [-0.2, 0) is 14.6 Å². The number of carboxylic acid groups (broad SMARTS) is 1. The highest BCUT2D eigenvalue weighted by Gasteiger charge is 1.84. The van der Waals surface area contributed by atoms with E-state index in [-0.39, 0.29) is 6.61 Å². The summed E-state index contributed by atoms with van der Waals surface area (Å²) < 4.78 is 0. The van der Waals surface area contributed by atoms with Crippen LogP contribution in [0.4, 0.5) is 0 Å². The molecule has 0 unspecified atom stereocenters. The monoisotopic (exact) mass is 158 g/mol. The standard InChI is InChI=1S/C7H10O4/c1-2-5-10-11-6-3-4-7(8)9/h2-4H,1,5-6H2,(H,8,9). The van der Waals surface area contributed by atoms with E-state index in [1.807, 2.05) is 0 Å².